The van der Waals surface area contributed by atoms with Crippen molar-refractivity contribution in [2.45, 2.75) is 23.5 Å². The molecule has 0 aliphatic heterocycles. The maximum Gasteiger partial charge on any atom is 0.319 e. The third-order valence-corrected chi connectivity index (χ3v) is 4.80. The van der Waals surface area contributed by atoms with Crippen LogP contribution < -0.4 is 5.32 Å². The van der Waals surface area contributed by atoms with Gasteiger partial charge in [-0.3, -0.25) is 19.7 Å². The highest BCUT2D eigenvalue weighted by Gasteiger charge is 2.18. The second-order valence-corrected chi connectivity index (χ2v) is 7.22. The second-order valence-electron chi connectivity index (χ2n) is 5.81. The molecular weight excluding hydrogens is 387 g/mol. The maximum absolute atomic E-state index is 13.5. The van der Waals surface area contributed by atoms with Crippen LogP contribution >= 0.6 is 11.8 Å². The van der Waals surface area contributed by atoms with Crippen LogP contribution in [-0.2, 0) is 20.7 Å². The van der Waals surface area contributed by atoms with Crippen LogP contribution in [0.25, 0.3) is 0 Å². The van der Waals surface area contributed by atoms with Gasteiger partial charge in [-0.15, -0.1) is 11.8 Å². The Morgan fingerprint density at radius 1 is 1.21 bits per heavy atom. The third kappa shape index (κ3) is 6.66. The van der Waals surface area contributed by atoms with E-state index < -0.39 is 28.7 Å². The number of ether oxygens (including phenoxy) is 1. The number of rotatable bonds is 9. The molecule has 0 aromatic heterocycles. The SMILES string of the molecule is C[C@@H](Sc1ccc([N+](=O)[O-])cc1)C(=O)OCC(=O)NCCc1ccccc1F. The van der Waals surface area contributed by atoms with Crippen molar-refractivity contribution in [3.8, 4) is 0 Å². The number of carbonyl (C=O) groups excluding carboxylic acids is 2. The molecule has 28 heavy (non-hydrogen) atoms. The van der Waals surface area contributed by atoms with Gasteiger partial charge in [0, 0.05) is 23.6 Å². The second kappa shape index (κ2) is 10.4. The number of non-ortho nitro benzene ring substituents is 1. The maximum atomic E-state index is 13.5. The van der Waals surface area contributed by atoms with Crippen molar-refractivity contribution < 1.29 is 23.6 Å². The number of nitrogens with one attached hydrogen (secondary N) is 1. The average Bonchev–Trinajstić information content (AvgIpc) is 2.68. The van der Waals surface area contributed by atoms with Crippen molar-refractivity contribution >= 4 is 29.3 Å². The van der Waals surface area contributed by atoms with Crippen LogP contribution in [0.4, 0.5) is 10.1 Å². The minimum atomic E-state index is -0.590. The Kier molecular flexibility index (Phi) is 7.94. The van der Waals surface area contributed by atoms with Gasteiger partial charge in [-0.25, -0.2) is 4.39 Å². The van der Waals surface area contributed by atoms with Gasteiger partial charge in [0.2, 0.25) is 0 Å². The lowest BCUT2D eigenvalue weighted by Gasteiger charge is -2.11. The summed E-state index contributed by atoms with van der Waals surface area (Å²) in [5, 5.41) is 12.6. The summed E-state index contributed by atoms with van der Waals surface area (Å²) in [7, 11) is 0. The number of thioether (sulfide) groups is 1. The van der Waals surface area contributed by atoms with Gasteiger partial charge in [-0.05, 0) is 37.1 Å². The minimum absolute atomic E-state index is 0.0355. The standard InChI is InChI=1S/C19H19FN2O5S/c1-13(28-16-8-6-15(7-9-16)22(25)26)19(24)27-12-18(23)21-11-10-14-4-2-3-5-17(14)20/h2-9,13H,10-12H2,1H3,(H,21,23)/t13-/m1/s1. The largest absolute Gasteiger partial charge is 0.455 e. The number of hydrogen-bond donors (Lipinski definition) is 1. The predicted molar refractivity (Wildman–Crippen MR) is 102 cm³/mol. The molecule has 0 unspecified atom stereocenters. The van der Waals surface area contributed by atoms with E-state index >= 15 is 0 Å². The van der Waals surface area contributed by atoms with Gasteiger partial charge in [-0.2, -0.15) is 0 Å². The van der Waals surface area contributed by atoms with Crippen molar-refractivity contribution in [1.82, 2.24) is 5.32 Å². The first-order chi connectivity index (χ1) is 13.4. The molecule has 1 atom stereocenters. The Labute approximate surface area is 165 Å². The van der Waals surface area contributed by atoms with Crippen LogP contribution in [0, 0.1) is 15.9 Å². The molecular formula is C19H19FN2O5S. The minimum Gasteiger partial charge on any atom is -0.455 e. The molecule has 2 rings (SSSR count). The van der Waals surface area contributed by atoms with Gasteiger partial charge >= 0.3 is 5.97 Å². The van der Waals surface area contributed by atoms with Gasteiger partial charge in [0.05, 0.1) is 4.92 Å². The molecule has 0 aliphatic rings. The summed E-state index contributed by atoms with van der Waals surface area (Å²) in [6.45, 7) is 1.41. The molecule has 1 amide bonds. The van der Waals surface area contributed by atoms with Crippen LogP contribution in [0.1, 0.15) is 12.5 Å². The van der Waals surface area contributed by atoms with E-state index in [4.69, 9.17) is 4.74 Å². The Balaban J connectivity index is 1.70. The summed E-state index contributed by atoms with van der Waals surface area (Å²) in [6, 6.07) is 12.1. The first-order valence-electron chi connectivity index (χ1n) is 8.44. The van der Waals surface area contributed by atoms with Crippen molar-refractivity contribution in [2.24, 2.45) is 0 Å². The van der Waals surface area contributed by atoms with Gasteiger partial charge in [0.25, 0.3) is 11.6 Å². The molecule has 0 spiro atoms. The lowest BCUT2D eigenvalue weighted by Crippen LogP contribution is -2.31. The summed E-state index contributed by atoms with van der Waals surface area (Å²) in [4.78, 5) is 34.5. The molecule has 1 N–H and O–H groups in total. The fourth-order valence-electron chi connectivity index (χ4n) is 2.24. The van der Waals surface area contributed by atoms with E-state index in [1.807, 2.05) is 0 Å². The fourth-order valence-corrected chi connectivity index (χ4v) is 3.11. The highest BCUT2D eigenvalue weighted by molar-refractivity contribution is 8.00. The summed E-state index contributed by atoms with van der Waals surface area (Å²) >= 11 is 1.17. The number of nitrogens with zero attached hydrogens (tertiary/aromatic N) is 1. The van der Waals surface area contributed by atoms with Crippen molar-refractivity contribution in [2.75, 3.05) is 13.2 Å². The van der Waals surface area contributed by atoms with E-state index in [-0.39, 0.29) is 18.0 Å². The zero-order chi connectivity index (χ0) is 20.5. The monoisotopic (exact) mass is 406 g/mol. The van der Waals surface area contributed by atoms with Crippen LogP contribution in [-0.4, -0.2) is 35.2 Å². The van der Waals surface area contributed by atoms with Crippen molar-refractivity contribution in [3.05, 3.63) is 70.0 Å². The summed E-state index contributed by atoms with van der Waals surface area (Å²) < 4.78 is 18.5. The summed E-state index contributed by atoms with van der Waals surface area (Å²) in [5.41, 5.74) is 0.458. The molecule has 0 saturated carbocycles. The number of amides is 1. The third-order valence-electron chi connectivity index (χ3n) is 3.71. The number of halogens is 1. The van der Waals surface area contributed by atoms with Crippen LogP contribution in [0.15, 0.2) is 53.4 Å². The molecule has 0 saturated heterocycles. The quantitative estimate of drug-likeness (QED) is 0.297. The van der Waals surface area contributed by atoms with E-state index in [2.05, 4.69) is 5.32 Å². The first-order valence-corrected chi connectivity index (χ1v) is 9.32. The molecule has 0 bridgehead atoms. The Morgan fingerprint density at radius 2 is 1.89 bits per heavy atom. The van der Waals surface area contributed by atoms with Gasteiger partial charge in [0.1, 0.15) is 11.1 Å². The van der Waals surface area contributed by atoms with E-state index in [1.165, 1.54) is 30.0 Å². The van der Waals surface area contributed by atoms with Gasteiger partial charge in [0.15, 0.2) is 6.61 Å². The zero-order valence-corrected chi connectivity index (χ0v) is 15.9. The lowest BCUT2D eigenvalue weighted by atomic mass is 10.1. The van der Waals surface area contributed by atoms with E-state index in [1.54, 1.807) is 37.3 Å². The summed E-state index contributed by atoms with van der Waals surface area (Å²) in [5.74, 6) is -1.38. The molecule has 0 fully saturated rings. The normalized spacial score (nSPS) is 11.5. The molecule has 2 aromatic rings. The number of hydrogen-bond acceptors (Lipinski definition) is 6. The van der Waals surface area contributed by atoms with Crippen LogP contribution in [0.3, 0.4) is 0 Å². The van der Waals surface area contributed by atoms with E-state index in [0.717, 1.165) is 0 Å². The average molecular weight is 406 g/mol. The van der Waals surface area contributed by atoms with Crippen molar-refractivity contribution in [1.29, 1.82) is 0 Å². The molecule has 148 valence electrons. The van der Waals surface area contributed by atoms with Gasteiger partial charge < -0.3 is 10.1 Å². The van der Waals surface area contributed by atoms with E-state index in [0.29, 0.717) is 16.9 Å². The number of carbonyl (C=O) groups is 2. The van der Waals surface area contributed by atoms with Gasteiger partial charge in [-0.1, -0.05) is 18.2 Å². The lowest BCUT2D eigenvalue weighted by molar-refractivity contribution is -0.384. The smallest absolute Gasteiger partial charge is 0.319 e. The van der Waals surface area contributed by atoms with Crippen LogP contribution in [0.5, 0.6) is 0 Å². The summed E-state index contributed by atoms with van der Waals surface area (Å²) in [6.07, 6.45) is 0.332. The van der Waals surface area contributed by atoms with Crippen LogP contribution in [0.2, 0.25) is 0 Å². The molecule has 9 heteroatoms. The number of nitro groups is 1. The highest BCUT2D eigenvalue weighted by atomic mass is 32.2. The molecule has 0 radical (unpaired) electrons. The Bertz CT molecular complexity index is 844. The highest BCUT2D eigenvalue weighted by Crippen LogP contribution is 2.25. The molecule has 0 heterocycles. The number of esters is 1. The first kappa shape index (κ1) is 21.4. The topological polar surface area (TPSA) is 98.5 Å². The Morgan fingerprint density at radius 3 is 2.54 bits per heavy atom. The zero-order valence-electron chi connectivity index (χ0n) is 15.1. The molecule has 0 aliphatic carbocycles. The molecule has 7 nitrogen and oxygen atoms in total. The number of benzene rings is 2. The fraction of sp³-hybridized carbons (Fsp3) is 0.263. The predicted octanol–water partition coefficient (Wildman–Crippen LogP) is 3.12. The van der Waals surface area contributed by atoms with E-state index in [9.17, 15) is 24.1 Å². The number of nitro benzene ring substituents is 1. The Hall–Kier alpha value is -2.94. The van der Waals surface area contributed by atoms with Crippen molar-refractivity contribution in [3.63, 3.8) is 0 Å². The molecule has 2 aromatic carbocycles.